The van der Waals surface area contributed by atoms with Crippen molar-refractivity contribution in [3.8, 4) is 11.5 Å². The first-order chi connectivity index (χ1) is 14.3. The van der Waals surface area contributed by atoms with Crippen LogP contribution in [0.4, 0.5) is 0 Å². The average Bonchev–Trinajstić information content (AvgIpc) is 2.75. The number of ether oxygens (including phenoxy) is 2. The van der Waals surface area contributed by atoms with Crippen molar-refractivity contribution >= 4 is 16.8 Å². The number of methoxy groups -OCH3 is 2. The molecule has 1 aromatic heterocycles. The summed E-state index contributed by atoms with van der Waals surface area (Å²) in [6.07, 6.45) is 0.593. The third-order valence-electron chi connectivity index (χ3n) is 5.10. The van der Waals surface area contributed by atoms with Crippen LogP contribution in [0.25, 0.3) is 10.9 Å². The highest BCUT2D eigenvalue weighted by Crippen LogP contribution is 2.28. The highest BCUT2D eigenvalue weighted by Gasteiger charge is 2.15. The molecule has 8 heteroatoms. The van der Waals surface area contributed by atoms with E-state index in [2.05, 4.69) is 5.32 Å². The molecule has 0 saturated heterocycles. The number of amides is 1. The van der Waals surface area contributed by atoms with Gasteiger partial charge in [-0.2, -0.15) is 0 Å². The Hall–Kier alpha value is -3.55. The standard InChI is InChI=1S/C22H25N3O5/c1-13(10-14-6-9-18(29-4)19(11-14)30-5)23-20(26)15-7-8-17-16(12-15)21(27)25(3)22(28)24(17)2/h6-9,11-13H,10H2,1-5H3,(H,23,26)/t13-/m1/s1. The topological polar surface area (TPSA) is 91.6 Å². The molecule has 0 saturated carbocycles. The number of rotatable bonds is 6. The fraction of sp³-hybridized carbons (Fsp3) is 0.318. The van der Waals surface area contributed by atoms with Gasteiger partial charge in [0.05, 0.1) is 25.1 Å². The van der Waals surface area contributed by atoms with Gasteiger partial charge in [-0.05, 0) is 49.2 Å². The Bertz CT molecular complexity index is 1230. The fourth-order valence-corrected chi connectivity index (χ4v) is 3.46. The van der Waals surface area contributed by atoms with Crippen molar-refractivity contribution in [3.05, 3.63) is 68.4 Å². The Balaban J connectivity index is 1.81. The summed E-state index contributed by atoms with van der Waals surface area (Å²) in [4.78, 5) is 37.2. The van der Waals surface area contributed by atoms with E-state index in [1.807, 2.05) is 25.1 Å². The minimum atomic E-state index is -0.430. The average molecular weight is 411 g/mol. The number of fused-ring (bicyclic) bond motifs is 1. The van der Waals surface area contributed by atoms with E-state index in [-0.39, 0.29) is 11.9 Å². The molecule has 0 radical (unpaired) electrons. The van der Waals surface area contributed by atoms with Gasteiger partial charge in [0.1, 0.15) is 0 Å². The molecule has 1 N–H and O–H groups in total. The maximum Gasteiger partial charge on any atom is 0.330 e. The van der Waals surface area contributed by atoms with Crippen LogP contribution in [0, 0.1) is 0 Å². The van der Waals surface area contributed by atoms with Gasteiger partial charge in [0.15, 0.2) is 11.5 Å². The Morgan fingerprint density at radius 1 is 1.00 bits per heavy atom. The zero-order valence-corrected chi connectivity index (χ0v) is 17.7. The SMILES string of the molecule is COc1ccc(C[C@@H](C)NC(=O)c2ccc3c(c2)c(=O)n(C)c(=O)n3C)cc1OC. The molecule has 0 unspecified atom stereocenters. The highest BCUT2D eigenvalue weighted by molar-refractivity contribution is 5.98. The molecule has 3 rings (SSSR count). The van der Waals surface area contributed by atoms with Gasteiger partial charge in [0, 0.05) is 25.7 Å². The summed E-state index contributed by atoms with van der Waals surface area (Å²) >= 11 is 0. The van der Waals surface area contributed by atoms with Crippen LogP contribution in [0.5, 0.6) is 11.5 Å². The van der Waals surface area contributed by atoms with Crippen molar-refractivity contribution < 1.29 is 14.3 Å². The summed E-state index contributed by atoms with van der Waals surface area (Å²) in [5.41, 5.74) is 0.993. The summed E-state index contributed by atoms with van der Waals surface area (Å²) in [5.74, 6) is 0.982. The third-order valence-corrected chi connectivity index (χ3v) is 5.10. The molecule has 0 aliphatic carbocycles. The summed E-state index contributed by atoms with van der Waals surface area (Å²) in [7, 11) is 6.17. The molecule has 0 aliphatic rings. The molecule has 0 fully saturated rings. The van der Waals surface area contributed by atoms with Gasteiger partial charge < -0.3 is 14.8 Å². The summed E-state index contributed by atoms with van der Waals surface area (Å²) in [6, 6.07) is 10.2. The van der Waals surface area contributed by atoms with Crippen LogP contribution in [0.15, 0.2) is 46.0 Å². The van der Waals surface area contributed by atoms with Crippen LogP contribution in [-0.2, 0) is 20.5 Å². The van der Waals surface area contributed by atoms with Gasteiger partial charge in [-0.25, -0.2) is 4.79 Å². The molecule has 1 heterocycles. The van der Waals surface area contributed by atoms with E-state index in [1.54, 1.807) is 33.4 Å². The molecule has 0 bridgehead atoms. The molecule has 3 aromatic rings. The van der Waals surface area contributed by atoms with Crippen molar-refractivity contribution in [2.24, 2.45) is 14.1 Å². The Labute approximate surface area is 173 Å². The van der Waals surface area contributed by atoms with Crippen LogP contribution >= 0.6 is 0 Å². The number of nitrogens with one attached hydrogen (secondary N) is 1. The van der Waals surface area contributed by atoms with Gasteiger partial charge in [-0.3, -0.25) is 18.7 Å². The van der Waals surface area contributed by atoms with Gasteiger partial charge in [0.25, 0.3) is 11.5 Å². The Morgan fingerprint density at radius 2 is 1.70 bits per heavy atom. The van der Waals surface area contributed by atoms with Gasteiger partial charge in [-0.1, -0.05) is 6.07 Å². The first kappa shape index (κ1) is 21.2. The van der Waals surface area contributed by atoms with Crippen molar-refractivity contribution in [2.45, 2.75) is 19.4 Å². The molecular formula is C22H25N3O5. The maximum absolute atomic E-state index is 12.7. The number of carbonyl (C=O) groups excluding carboxylic acids is 1. The van der Waals surface area contributed by atoms with E-state index in [1.165, 1.54) is 17.7 Å². The summed E-state index contributed by atoms with van der Waals surface area (Å²) < 4.78 is 13.0. The van der Waals surface area contributed by atoms with E-state index < -0.39 is 11.2 Å². The highest BCUT2D eigenvalue weighted by atomic mass is 16.5. The Morgan fingerprint density at radius 3 is 2.37 bits per heavy atom. The molecule has 30 heavy (non-hydrogen) atoms. The van der Waals surface area contributed by atoms with Crippen LogP contribution < -0.4 is 26.0 Å². The van der Waals surface area contributed by atoms with Gasteiger partial charge in [-0.15, -0.1) is 0 Å². The second kappa shape index (κ2) is 8.44. The van der Waals surface area contributed by atoms with E-state index in [0.29, 0.717) is 34.4 Å². The lowest BCUT2D eigenvalue weighted by Crippen LogP contribution is -2.37. The van der Waals surface area contributed by atoms with Crippen LogP contribution in [0.3, 0.4) is 0 Å². The van der Waals surface area contributed by atoms with Crippen molar-refractivity contribution in [2.75, 3.05) is 14.2 Å². The number of carbonyl (C=O) groups is 1. The lowest BCUT2D eigenvalue weighted by molar-refractivity contribution is 0.0940. The maximum atomic E-state index is 12.7. The smallest absolute Gasteiger partial charge is 0.330 e. The molecule has 0 aliphatic heterocycles. The van der Waals surface area contributed by atoms with Crippen molar-refractivity contribution in [1.82, 2.24) is 14.5 Å². The second-order valence-corrected chi connectivity index (χ2v) is 7.21. The lowest BCUT2D eigenvalue weighted by atomic mass is 10.1. The molecule has 0 spiro atoms. The number of aryl methyl sites for hydroxylation is 1. The molecule has 2 aromatic carbocycles. The van der Waals surface area contributed by atoms with Crippen LogP contribution in [-0.4, -0.2) is 35.3 Å². The zero-order valence-electron chi connectivity index (χ0n) is 17.7. The number of aromatic nitrogens is 2. The van der Waals surface area contributed by atoms with Crippen LogP contribution in [0.2, 0.25) is 0 Å². The fourth-order valence-electron chi connectivity index (χ4n) is 3.46. The number of hydrogen-bond acceptors (Lipinski definition) is 5. The minimum Gasteiger partial charge on any atom is -0.493 e. The van der Waals surface area contributed by atoms with E-state index in [9.17, 15) is 14.4 Å². The molecule has 1 amide bonds. The molecular weight excluding hydrogens is 386 g/mol. The van der Waals surface area contributed by atoms with Crippen molar-refractivity contribution in [3.63, 3.8) is 0 Å². The van der Waals surface area contributed by atoms with Gasteiger partial charge >= 0.3 is 5.69 Å². The van der Waals surface area contributed by atoms with Gasteiger partial charge in [0.2, 0.25) is 0 Å². The molecule has 1 atom stereocenters. The van der Waals surface area contributed by atoms with E-state index >= 15 is 0 Å². The first-order valence-electron chi connectivity index (χ1n) is 9.48. The lowest BCUT2D eigenvalue weighted by Gasteiger charge is -2.16. The monoisotopic (exact) mass is 411 g/mol. The molecule has 8 nitrogen and oxygen atoms in total. The number of nitrogens with zero attached hydrogens (tertiary/aromatic N) is 2. The largest absolute Gasteiger partial charge is 0.493 e. The number of benzene rings is 2. The van der Waals surface area contributed by atoms with E-state index in [0.717, 1.165) is 10.1 Å². The van der Waals surface area contributed by atoms with Crippen molar-refractivity contribution in [1.29, 1.82) is 0 Å². The third kappa shape index (κ3) is 3.94. The Kier molecular flexibility index (Phi) is 5.96. The summed E-state index contributed by atoms with van der Waals surface area (Å²) in [5, 5.41) is 3.27. The number of hydrogen-bond donors (Lipinski definition) is 1. The zero-order chi connectivity index (χ0) is 22.0. The first-order valence-corrected chi connectivity index (χ1v) is 9.48. The predicted octanol–water partition coefficient (Wildman–Crippen LogP) is 1.62. The quantitative estimate of drug-likeness (QED) is 0.666. The molecule has 158 valence electrons. The second-order valence-electron chi connectivity index (χ2n) is 7.21. The minimum absolute atomic E-state index is 0.158. The van der Waals surface area contributed by atoms with E-state index in [4.69, 9.17) is 9.47 Å². The predicted molar refractivity (Wildman–Crippen MR) is 115 cm³/mol. The summed E-state index contributed by atoms with van der Waals surface area (Å²) in [6.45, 7) is 1.90. The normalized spacial score (nSPS) is 11.9. The van der Waals surface area contributed by atoms with Crippen LogP contribution in [0.1, 0.15) is 22.8 Å².